The highest BCUT2D eigenvalue weighted by Gasteiger charge is 2.61. The molecule has 52 heavy (non-hydrogen) atoms. The summed E-state index contributed by atoms with van der Waals surface area (Å²) in [7, 11) is 4.60. The first-order valence-electron chi connectivity index (χ1n) is 17.2. The molecule has 0 radical (unpaired) electrons. The number of fused-ring (bicyclic) bond motifs is 5. The van der Waals surface area contributed by atoms with E-state index in [0.717, 1.165) is 4.57 Å². The quantitative estimate of drug-likeness (QED) is 0.268. The Labute approximate surface area is 298 Å². The van der Waals surface area contributed by atoms with Crippen molar-refractivity contribution in [1.29, 1.82) is 0 Å². The zero-order valence-electron chi connectivity index (χ0n) is 30.2. The zero-order chi connectivity index (χ0) is 37.4. The van der Waals surface area contributed by atoms with Crippen LogP contribution in [-0.2, 0) is 36.1 Å². The molecule has 2 aromatic carbocycles. The number of rotatable bonds is 8. The second kappa shape index (κ2) is 12.5. The molecule has 1 saturated carbocycles. The number of aromatic hydroxyl groups is 1. The first kappa shape index (κ1) is 34.8. The van der Waals surface area contributed by atoms with Gasteiger partial charge in [0.1, 0.15) is 5.69 Å². The summed E-state index contributed by atoms with van der Waals surface area (Å²) < 4.78 is 21.7. The predicted molar refractivity (Wildman–Crippen MR) is 190 cm³/mol. The van der Waals surface area contributed by atoms with E-state index in [1.807, 2.05) is 6.08 Å². The fourth-order valence-corrected chi connectivity index (χ4v) is 8.56. The number of para-hydroxylation sites is 1. The van der Waals surface area contributed by atoms with Crippen LogP contribution in [0.25, 0.3) is 11.0 Å². The summed E-state index contributed by atoms with van der Waals surface area (Å²) in [6.45, 7) is 7.03. The number of carbonyl (C=O) groups excluding carboxylic acids is 2. The lowest BCUT2D eigenvalue weighted by molar-refractivity contribution is -0.140. The average Bonchev–Trinajstić information content (AvgIpc) is 3.39. The van der Waals surface area contributed by atoms with Gasteiger partial charge >= 0.3 is 11.4 Å². The van der Waals surface area contributed by atoms with Crippen LogP contribution in [0, 0.1) is 11.3 Å². The minimum Gasteiger partial charge on any atom is -0.504 e. The van der Waals surface area contributed by atoms with Gasteiger partial charge in [0.25, 0.3) is 5.56 Å². The van der Waals surface area contributed by atoms with Gasteiger partial charge in [-0.3, -0.25) is 14.4 Å². The van der Waals surface area contributed by atoms with Crippen molar-refractivity contribution < 1.29 is 28.9 Å². The van der Waals surface area contributed by atoms with E-state index in [1.165, 1.54) is 28.2 Å². The Hall–Kier alpha value is -5.66. The number of allylic oxidation sites excluding steroid dienone is 4. The van der Waals surface area contributed by atoms with Gasteiger partial charge in [0.15, 0.2) is 34.6 Å². The van der Waals surface area contributed by atoms with Crippen LogP contribution in [0.15, 0.2) is 67.5 Å². The molecule has 7 rings (SSSR count). The molecule has 0 spiro atoms. The number of hydrogen-bond acceptors (Lipinski definition) is 10. The maximum absolute atomic E-state index is 14.3. The SMILES string of the molecule is CCOc1cccc(C2C3=CCn4c(=O)n(CCc5nc6cc(OC)c(OC)cc6n(C)c5=O)c(=O)n4C3CC3C(=O)C(C)=C(C)C(=O)C32C)c1O. The maximum Gasteiger partial charge on any atom is 0.347 e. The van der Waals surface area contributed by atoms with Gasteiger partial charge in [-0.2, -0.15) is 0 Å². The van der Waals surface area contributed by atoms with E-state index in [2.05, 4.69) is 4.98 Å². The molecule has 1 fully saturated rings. The van der Waals surface area contributed by atoms with Gasteiger partial charge in [-0.15, -0.1) is 0 Å². The number of Topliss-reactive ketones (excluding diaryl/α,β-unsaturated/α-hetero) is 2. The van der Waals surface area contributed by atoms with Crippen molar-refractivity contribution in [3.05, 3.63) is 95.7 Å². The number of ketones is 2. The minimum atomic E-state index is -1.28. The monoisotopic (exact) mass is 711 g/mol. The van der Waals surface area contributed by atoms with Crippen LogP contribution < -0.4 is 31.1 Å². The van der Waals surface area contributed by atoms with Crippen molar-refractivity contribution >= 4 is 22.6 Å². The van der Waals surface area contributed by atoms with Crippen LogP contribution in [0.2, 0.25) is 0 Å². The van der Waals surface area contributed by atoms with Gasteiger partial charge in [-0.25, -0.2) is 28.5 Å². The van der Waals surface area contributed by atoms with E-state index in [0.29, 0.717) is 51.4 Å². The normalized spacial score (nSPS) is 22.5. The van der Waals surface area contributed by atoms with E-state index in [9.17, 15) is 29.1 Å². The summed E-state index contributed by atoms with van der Waals surface area (Å²) in [6.07, 6.45) is 1.91. The topological polar surface area (TPSA) is 166 Å². The summed E-state index contributed by atoms with van der Waals surface area (Å²) >= 11 is 0. The smallest absolute Gasteiger partial charge is 0.347 e. The van der Waals surface area contributed by atoms with Gasteiger partial charge in [0, 0.05) is 49.5 Å². The molecule has 4 unspecified atom stereocenters. The van der Waals surface area contributed by atoms with E-state index in [1.54, 1.807) is 65.1 Å². The highest BCUT2D eigenvalue weighted by molar-refractivity contribution is 6.15. The van der Waals surface area contributed by atoms with Crippen molar-refractivity contribution in [2.75, 3.05) is 20.8 Å². The van der Waals surface area contributed by atoms with Crippen molar-refractivity contribution in [1.82, 2.24) is 23.5 Å². The first-order chi connectivity index (χ1) is 24.8. The van der Waals surface area contributed by atoms with E-state index in [-0.39, 0.29) is 60.2 Å². The van der Waals surface area contributed by atoms with Crippen molar-refractivity contribution in [3.8, 4) is 23.0 Å². The molecule has 1 aliphatic heterocycles. The number of hydrogen-bond donors (Lipinski definition) is 1. The lowest BCUT2D eigenvalue weighted by Gasteiger charge is -2.53. The third-order valence-corrected chi connectivity index (χ3v) is 11.4. The number of aromatic nitrogens is 5. The molecule has 3 aliphatic rings. The molecule has 4 atom stereocenters. The van der Waals surface area contributed by atoms with E-state index < -0.39 is 34.7 Å². The second-order valence-corrected chi connectivity index (χ2v) is 13.8. The lowest BCUT2D eigenvalue weighted by Crippen LogP contribution is -2.55. The summed E-state index contributed by atoms with van der Waals surface area (Å²) in [4.78, 5) is 74.5. The lowest BCUT2D eigenvalue weighted by atomic mass is 9.50. The second-order valence-electron chi connectivity index (χ2n) is 13.8. The molecule has 4 aromatic rings. The summed E-state index contributed by atoms with van der Waals surface area (Å²) in [5.74, 6) is -1.09. The summed E-state index contributed by atoms with van der Waals surface area (Å²) in [5, 5.41) is 11.5. The van der Waals surface area contributed by atoms with Crippen molar-refractivity contribution in [2.24, 2.45) is 18.4 Å². The number of methoxy groups -OCH3 is 2. The highest BCUT2D eigenvalue weighted by atomic mass is 16.5. The Bertz CT molecular complexity index is 2440. The van der Waals surface area contributed by atoms with Crippen LogP contribution >= 0.6 is 0 Å². The van der Waals surface area contributed by atoms with Crippen LogP contribution in [0.1, 0.15) is 57.3 Å². The molecule has 0 amide bonds. The van der Waals surface area contributed by atoms with Crippen molar-refractivity contribution in [2.45, 2.75) is 65.6 Å². The Balaban J connectivity index is 1.32. The number of carbonyl (C=O) groups is 2. The van der Waals surface area contributed by atoms with Crippen molar-refractivity contribution in [3.63, 3.8) is 0 Å². The fourth-order valence-electron chi connectivity index (χ4n) is 8.56. The predicted octanol–water partition coefficient (Wildman–Crippen LogP) is 3.20. The standard InChI is InChI=1S/C38H41N5O9/c1-8-52-28-11-9-10-22(33(28)45)31-21-12-15-42-36(48)41(14-13-24-35(47)40(5)27-18-30(51-7)29(50-6)17-25(27)39-24)37(49)43(42)26(21)16-23-32(44)19(2)20(3)34(46)38(23,31)4/h9-12,17-18,23,26,31,45H,8,13-16H2,1-7H3. The van der Waals surface area contributed by atoms with E-state index in [4.69, 9.17) is 14.2 Å². The zero-order valence-corrected chi connectivity index (χ0v) is 30.2. The van der Waals surface area contributed by atoms with Crippen LogP contribution in [0.3, 0.4) is 0 Å². The van der Waals surface area contributed by atoms with E-state index >= 15 is 0 Å². The van der Waals surface area contributed by atoms with Gasteiger partial charge in [0.2, 0.25) is 0 Å². The van der Waals surface area contributed by atoms with Gasteiger partial charge in [-0.1, -0.05) is 25.1 Å². The molecule has 1 N–H and O–H groups in total. The first-order valence-corrected chi connectivity index (χ1v) is 17.2. The van der Waals surface area contributed by atoms with Gasteiger partial charge in [-0.05, 0) is 50.0 Å². The minimum absolute atomic E-state index is 0.0151. The summed E-state index contributed by atoms with van der Waals surface area (Å²) in [6, 6.07) is 7.62. The Morgan fingerprint density at radius 3 is 2.38 bits per heavy atom. The molecular formula is C38H41N5O9. The number of ether oxygens (including phenoxy) is 3. The number of benzene rings is 2. The number of phenols is 1. The average molecular weight is 712 g/mol. The third-order valence-electron chi connectivity index (χ3n) is 11.4. The van der Waals surface area contributed by atoms with Gasteiger partial charge < -0.3 is 23.9 Å². The molecule has 3 heterocycles. The third kappa shape index (κ3) is 4.83. The molecule has 0 saturated heterocycles. The molecule has 14 heteroatoms. The van der Waals surface area contributed by atoms with Gasteiger partial charge in [0.05, 0.1) is 49.9 Å². The molecule has 14 nitrogen and oxygen atoms in total. The number of aryl methyl sites for hydroxylation is 2. The largest absolute Gasteiger partial charge is 0.504 e. The number of phenolic OH excluding ortho intramolecular Hbond substituents is 1. The Morgan fingerprint density at radius 1 is 0.981 bits per heavy atom. The Kier molecular flexibility index (Phi) is 8.38. The maximum atomic E-state index is 14.3. The van der Waals surface area contributed by atoms with Crippen LogP contribution in [0.5, 0.6) is 23.0 Å². The Morgan fingerprint density at radius 2 is 1.69 bits per heavy atom. The summed E-state index contributed by atoms with van der Waals surface area (Å²) in [5.41, 5.74) is 0.0904. The molecule has 272 valence electrons. The molecule has 2 aliphatic carbocycles. The van der Waals surface area contributed by atoms with Crippen LogP contribution in [-0.4, -0.2) is 61.0 Å². The molecule has 0 bridgehead atoms. The number of nitrogens with zero attached hydrogens (tertiary/aromatic N) is 5. The van der Waals surface area contributed by atoms with Crippen LogP contribution in [0.4, 0.5) is 0 Å². The molecule has 2 aromatic heterocycles. The fraction of sp³-hybridized carbons (Fsp3) is 0.421. The molecular weight excluding hydrogens is 670 g/mol. The highest BCUT2D eigenvalue weighted by Crippen LogP contribution is 2.62.